The quantitative estimate of drug-likeness (QED) is 0.770. The fourth-order valence-electron chi connectivity index (χ4n) is 2.37. The summed E-state index contributed by atoms with van der Waals surface area (Å²) in [6.45, 7) is 5.08. The molecule has 0 atom stereocenters. The van der Waals surface area contributed by atoms with E-state index in [0.717, 1.165) is 17.8 Å². The van der Waals surface area contributed by atoms with Gasteiger partial charge >= 0.3 is 0 Å². The highest BCUT2D eigenvalue weighted by Gasteiger charge is 2.05. The molecule has 0 unspecified atom stereocenters. The van der Waals surface area contributed by atoms with Crippen molar-refractivity contribution in [1.82, 2.24) is 20.6 Å². The number of nitrogens with one attached hydrogen (secondary N) is 2. The Balaban J connectivity index is 1.78. The number of benzene rings is 2. The fourth-order valence-corrected chi connectivity index (χ4v) is 2.37. The molecule has 3 rings (SSSR count). The van der Waals surface area contributed by atoms with Crippen LogP contribution < -0.4 is 5.32 Å². The average Bonchev–Trinajstić information content (AvgIpc) is 3.01. The van der Waals surface area contributed by atoms with Crippen LogP contribution in [0.25, 0.3) is 11.4 Å². The summed E-state index contributed by atoms with van der Waals surface area (Å²) in [6, 6.07) is 14.4. The first-order valence-electron chi connectivity index (χ1n) is 6.87. The van der Waals surface area contributed by atoms with E-state index in [1.54, 1.807) is 0 Å². The van der Waals surface area contributed by atoms with Crippen LogP contribution in [0.5, 0.6) is 0 Å². The molecule has 0 amide bonds. The van der Waals surface area contributed by atoms with Crippen LogP contribution in [-0.2, 0) is 6.54 Å². The molecule has 5 heteroatoms. The largest absolute Gasteiger partial charge is 0.381 e. The third-order valence-electron chi connectivity index (χ3n) is 3.58. The van der Waals surface area contributed by atoms with E-state index in [9.17, 15) is 0 Å². The lowest BCUT2D eigenvalue weighted by molar-refractivity contribution is 0.881. The molecule has 5 nitrogen and oxygen atoms in total. The second kappa shape index (κ2) is 5.75. The summed E-state index contributed by atoms with van der Waals surface area (Å²) in [7, 11) is 0. The molecule has 2 aromatic carbocycles. The second-order valence-corrected chi connectivity index (χ2v) is 5.04. The van der Waals surface area contributed by atoms with E-state index in [0.29, 0.717) is 5.82 Å². The molecule has 3 aromatic rings. The van der Waals surface area contributed by atoms with Gasteiger partial charge < -0.3 is 5.32 Å². The van der Waals surface area contributed by atoms with Gasteiger partial charge in [-0.1, -0.05) is 30.3 Å². The Bertz CT molecular complexity index is 714. The summed E-state index contributed by atoms with van der Waals surface area (Å²) in [5.41, 5.74) is 5.92. The van der Waals surface area contributed by atoms with E-state index >= 15 is 0 Å². The van der Waals surface area contributed by atoms with Gasteiger partial charge in [-0.05, 0) is 47.9 Å². The number of hydrogen-bond donors (Lipinski definition) is 2. The van der Waals surface area contributed by atoms with Crippen molar-refractivity contribution < 1.29 is 0 Å². The average molecular weight is 279 g/mol. The van der Waals surface area contributed by atoms with Crippen molar-refractivity contribution >= 4 is 5.69 Å². The summed E-state index contributed by atoms with van der Waals surface area (Å²) in [5.74, 6) is 0.603. The molecule has 0 bridgehead atoms. The Kier molecular flexibility index (Phi) is 3.64. The summed E-state index contributed by atoms with van der Waals surface area (Å²) in [4.78, 5) is 0. The van der Waals surface area contributed by atoms with E-state index in [-0.39, 0.29) is 0 Å². The Hall–Kier alpha value is -2.69. The van der Waals surface area contributed by atoms with Crippen molar-refractivity contribution in [3.8, 4) is 11.4 Å². The highest BCUT2D eigenvalue weighted by Crippen LogP contribution is 2.20. The zero-order valence-corrected chi connectivity index (χ0v) is 12.1. The normalized spacial score (nSPS) is 10.6. The lowest BCUT2D eigenvalue weighted by Gasteiger charge is -2.12. The molecule has 0 spiro atoms. The van der Waals surface area contributed by atoms with Gasteiger partial charge in [-0.2, -0.15) is 5.21 Å². The van der Waals surface area contributed by atoms with Gasteiger partial charge in [-0.3, -0.25) is 0 Å². The zero-order chi connectivity index (χ0) is 14.7. The minimum absolute atomic E-state index is 0.603. The van der Waals surface area contributed by atoms with Crippen LogP contribution in [0, 0.1) is 13.8 Å². The number of aryl methyl sites for hydroxylation is 2. The van der Waals surface area contributed by atoms with E-state index < -0.39 is 0 Å². The van der Waals surface area contributed by atoms with Crippen molar-refractivity contribution in [2.75, 3.05) is 5.32 Å². The predicted octanol–water partition coefficient (Wildman–Crippen LogP) is 3.10. The molecular formula is C16H17N5. The van der Waals surface area contributed by atoms with Gasteiger partial charge in [0, 0.05) is 17.8 Å². The van der Waals surface area contributed by atoms with Crippen molar-refractivity contribution in [3.63, 3.8) is 0 Å². The minimum atomic E-state index is 0.603. The first kappa shape index (κ1) is 13.3. The monoisotopic (exact) mass is 279 g/mol. The molecule has 0 saturated heterocycles. The second-order valence-electron chi connectivity index (χ2n) is 5.04. The third-order valence-corrected chi connectivity index (χ3v) is 3.58. The van der Waals surface area contributed by atoms with Crippen LogP contribution in [0.3, 0.4) is 0 Å². The smallest absolute Gasteiger partial charge is 0.204 e. The predicted molar refractivity (Wildman–Crippen MR) is 82.9 cm³/mol. The highest BCUT2D eigenvalue weighted by molar-refractivity contribution is 5.61. The molecule has 106 valence electrons. The van der Waals surface area contributed by atoms with Crippen molar-refractivity contribution in [1.29, 1.82) is 0 Å². The van der Waals surface area contributed by atoms with Gasteiger partial charge in [-0.15, -0.1) is 10.2 Å². The van der Waals surface area contributed by atoms with Crippen LogP contribution in [0.4, 0.5) is 5.69 Å². The Morgan fingerprint density at radius 3 is 2.52 bits per heavy atom. The van der Waals surface area contributed by atoms with Crippen LogP contribution in [0.1, 0.15) is 16.7 Å². The number of hydrogen-bond acceptors (Lipinski definition) is 4. The van der Waals surface area contributed by atoms with Crippen LogP contribution in [-0.4, -0.2) is 20.6 Å². The first-order chi connectivity index (χ1) is 10.2. The summed E-state index contributed by atoms with van der Waals surface area (Å²) < 4.78 is 0. The van der Waals surface area contributed by atoms with Crippen molar-refractivity contribution in [2.45, 2.75) is 20.4 Å². The van der Waals surface area contributed by atoms with E-state index in [4.69, 9.17) is 0 Å². The molecule has 1 heterocycles. The van der Waals surface area contributed by atoms with Gasteiger partial charge in [-0.25, -0.2) is 0 Å². The van der Waals surface area contributed by atoms with Gasteiger partial charge in [0.05, 0.1) is 0 Å². The maximum Gasteiger partial charge on any atom is 0.204 e. The Morgan fingerprint density at radius 2 is 1.81 bits per heavy atom. The minimum Gasteiger partial charge on any atom is -0.381 e. The molecule has 0 aliphatic heterocycles. The maximum atomic E-state index is 4.00. The number of H-pyrrole nitrogens is 1. The Labute approximate surface area is 123 Å². The van der Waals surface area contributed by atoms with E-state index in [1.807, 2.05) is 24.3 Å². The SMILES string of the molecule is Cc1cccc(C)c1CNc1cccc(-c2nn[nH]n2)c1. The number of tetrazole rings is 1. The number of aromatic nitrogens is 4. The topological polar surface area (TPSA) is 66.5 Å². The third kappa shape index (κ3) is 2.91. The summed E-state index contributed by atoms with van der Waals surface area (Å²) in [6.07, 6.45) is 0. The molecule has 0 radical (unpaired) electrons. The standard InChI is InChI=1S/C16H17N5/c1-11-5-3-6-12(2)15(11)10-17-14-8-4-7-13(9-14)16-18-20-21-19-16/h3-9,17H,10H2,1-2H3,(H,18,19,20,21). The van der Waals surface area contributed by atoms with Gasteiger partial charge in [0.1, 0.15) is 0 Å². The lowest BCUT2D eigenvalue weighted by atomic mass is 10.0. The van der Waals surface area contributed by atoms with E-state index in [1.165, 1.54) is 16.7 Å². The summed E-state index contributed by atoms with van der Waals surface area (Å²) >= 11 is 0. The van der Waals surface area contributed by atoms with Gasteiger partial charge in [0.2, 0.25) is 5.82 Å². The molecule has 21 heavy (non-hydrogen) atoms. The van der Waals surface area contributed by atoms with Gasteiger partial charge in [0.15, 0.2) is 0 Å². The molecule has 0 saturated carbocycles. The van der Waals surface area contributed by atoms with Crippen LogP contribution in [0.15, 0.2) is 42.5 Å². The maximum absolute atomic E-state index is 4.00. The molecular weight excluding hydrogens is 262 g/mol. The van der Waals surface area contributed by atoms with Crippen LogP contribution in [0.2, 0.25) is 0 Å². The number of rotatable bonds is 4. The number of aromatic amines is 1. The summed E-state index contributed by atoms with van der Waals surface area (Å²) in [5, 5.41) is 17.5. The lowest BCUT2D eigenvalue weighted by Crippen LogP contribution is -2.03. The van der Waals surface area contributed by atoms with Crippen molar-refractivity contribution in [2.24, 2.45) is 0 Å². The molecule has 2 N–H and O–H groups in total. The molecule has 0 fully saturated rings. The molecule has 0 aliphatic carbocycles. The first-order valence-corrected chi connectivity index (χ1v) is 6.87. The number of nitrogens with zero attached hydrogens (tertiary/aromatic N) is 3. The van der Waals surface area contributed by atoms with Gasteiger partial charge in [0.25, 0.3) is 0 Å². The zero-order valence-electron chi connectivity index (χ0n) is 12.1. The Morgan fingerprint density at radius 1 is 1.05 bits per heavy atom. The number of anilines is 1. The molecule has 1 aromatic heterocycles. The van der Waals surface area contributed by atoms with Crippen LogP contribution >= 0.6 is 0 Å². The highest BCUT2D eigenvalue weighted by atomic mass is 15.5. The van der Waals surface area contributed by atoms with Crippen molar-refractivity contribution in [3.05, 3.63) is 59.2 Å². The van der Waals surface area contributed by atoms with E-state index in [2.05, 4.69) is 58.0 Å². The molecule has 0 aliphatic rings. The fraction of sp³-hybridized carbons (Fsp3) is 0.188.